The van der Waals surface area contributed by atoms with E-state index in [4.69, 9.17) is 9.47 Å². The zero-order valence-corrected chi connectivity index (χ0v) is 12.0. The van der Waals surface area contributed by atoms with Gasteiger partial charge in [-0.15, -0.1) is 0 Å². The summed E-state index contributed by atoms with van der Waals surface area (Å²) < 4.78 is 10.1. The summed E-state index contributed by atoms with van der Waals surface area (Å²) in [6.07, 6.45) is 2.82. The van der Waals surface area contributed by atoms with E-state index < -0.39 is 0 Å². The van der Waals surface area contributed by atoms with E-state index in [9.17, 15) is 9.59 Å². The van der Waals surface area contributed by atoms with Gasteiger partial charge >= 0.3 is 0 Å². The lowest BCUT2D eigenvalue weighted by Gasteiger charge is -2.07. The summed E-state index contributed by atoms with van der Waals surface area (Å²) in [7, 11) is 1.59. The second-order valence-corrected chi connectivity index (χ2v) is 4.16. The Bertz CT molecular complexity index is 247. The standard InChI is InChI=1S/C13H26N2O4/c1-3-4-5-12(16)15-8-11-19-9-6-13(17)14-7-10-18-2/h3-11H2,1-2H3,(H,14,17)(H,15,16). The SMILES string of the molecule is CCCCC(=O)NCCOCCC(=O)NCCOC. The number of hydrogen-bond donors (Lipinski definition) is 2. The number of methoxy groups -OCH3 is 1. The molecule has 0 fully saturated rings. The monoisotopic (exact) mass is 274 g/mol. The van der Waals surface area contributed by atoms with Crippen molar-refractivity contribution in [1.82, 2.24) is 10.6 Å². The van der Waals surface area contributed by atoms with Crippen molar-refractivity contribution >= 4 is 11.8 Å². The third-order valence-electron chi connectivity index (χ3n) is 2.43. The van der Waals surface area contributed by atoms with Crippen molar-refractivity contribution in [1.29, 1.82) is 0 Å². The van der Waals surface area contributed by atoms with Crippen LogP contribution in [0.1, 0.15) is 32.6 Å². The molecule has 0 heterocycles. The molecule has 0 aromatic carbocycles. The van der Waals surface area contributed by atoms with E-state index in [1.807, 2.05) is 6.92 Å². The maximum atomic E-state index is 11.3. The van der Waals surface area contributed by atoms with Crippen LogP contribution in [0.5, 0.6) is 0 Å². The lowest BCUT2D eigenvalue weighted by molar-refractivity contribution is -0.123. The van der Waals surface area contributed by atoms with Crippen molar-refractivity contribution in [2.75, 3.05) is 40.0 Å². The number of rotatable bonds is 12. The molecule has 0 rings (SSSR count). The van der Waals surface area contributed by atoms with Gasteiger partial charge in [-0.05, 0) is 6.42 Å². The average Bonchev–Trinajstić information content (AvgIpc) is 2.40. The molecule has 0 radical (unpaired) electrons. The van der Waals surface area contributed by atoms with Gasteiger partial charge in [0.05, 0.1) is 19.8 Å². The lowest BCUT2D eigenvalue weighted by Crippen LogP contribution is -2.29. The predicted octanol–water partition coefficient (Wildman–Crippen LogP) is 0.462. The summed E-state index contributed by atoms with van der Waals surface area (Å²) in [5.74, 6) is 0.00629. The van der Waals surface area contributed by atoms with Crippen molar-refractivity contribution < 1.29 is 19.1 Å². The normalized spacial score (nSPS) is 10.2. The van der Waals surface area contributed by atoms with Gasteiger partial charge in [0.15, 0.2) is 0 Å². The van der Waals surface area contributed by atoms with Crippen molar-refractivity contribution in [3.05, 3.63) is 0 Å². The summed E-state index contributed by atoms with van der Waals surface area (Å²) >= 11 is 0. The van der Waals surface area contributed by atoms with Crippen LogP contribution >= 0.6 is 0 Å². The maximum absolute atomic E-state index is 11.3. The van der Waals surface area contributed by atoms with Crippen LogP contribution in [0.3, 0.4) is 0 Å². The smallest absolute Gasteiger partial charge is 0.222 e. The van der Waals surface area contributed by atoms with Gasteiger partial charge in [0.1, 0.15) is 0 Å². The molecule has 0 atom stereocenters. The Morgan fingerprint density at radius 1 is 0.947 bits per heavy atom. The highest BCUT2D eigenvalue weighted by atomic mass is 16.5. The quantitative estimate of drug-likeness (QED) is 0.507. The third-order valence-corrected chi connectivity index (χ3v) is 2.43. The molecule has 0 spiro atoms. The molecule has 0 aromatic heterocycles. The minimum Gasteiger partial charge on any atom is -0.383 e. The summed E-state index contributed by atoms with van der Waals surface area (Å²) in [4.78, 5) is 22.5. The van der Waals surface area contributed by atoms with Crippen LogP contribution < -0.4 is 10.6 Å². The van der Waals surface area contributed by atoms with Gasteiger partial charge in [-0.1, -0.05) is 13.3 Å². The number of hydrogen-bond acceptors (Lipinski definition) is 4. The first-order chi connectivity index (χ1) is 9.20. The molecule has 6 heteroatoms. The van der Waals surface area contributed by atoms with Gasteiger partial charge in [0.25, 0.3) is 0 Å². The number of nitrogens with one attached hydrogen (secondary N) is 2. The summed E-state index contributed by atoms with van der Waals surface area (Å²) in [6.45, 7) is 4.37. The number of unbranched alkanes of at least 4 members (excludes halogenated alkanes) is 1. The second-order valence-electron chi connectivity index (χ2n) is 4.16. The van der Waals surface area contributed by atoms with E-state index in [1.54, 1.807) is 7.11 Å². The zero-order chi connectivity index (χ0) is 14.3. The first-order valence-corrected chi connectivity index (χ1v) is 6.80. The fourth-order valence-electron chi connectivity index (χ4n) is 1.34. The molecule has 0 aromatic rings. The molecule has 0 aliphatic heterocycles. The van der Waals surface area contributed by atoms with Crippen LogP contribution in [0.15, 0.2) is 0 Å². The van der Waals surface area contributed by atoms with Gasteiger partial charge < -0.3 is 20.1 Å². The summed E-state index contributed by atoms with van der Waals surface area (Å²) in [5, 5.41) is 5.47. The van der Waals surface area contributed by atoms with Gasteiger partial charge in [0.2, 0.25) is 11.8 Å². The number of carbonyl (C=O) groups excluding carboxylic acids is 2. The Morgan fingerprint density at radius 3 is 2.21 bits per heavy atom. The van der Waals surface area contributed by atoms with Crippen LogP contribution in [0.2, 0.25) is 0 Å². The first kappa shape index (κ1) is 17.9. The van der Waals surface area contributed by atoms with Crippen molar-refractivity contribution in [2.24, 2.45) is 0 Å². The molecule has 2 N–H and O–H groups in total. The van der Waals surface area contributed by atoms with Crippen LogP contribution in [-0.2, 0) is 19.1 Å². The minimum absolute atomic E-state index is 0.0518. The van der Waals surface area contributed by atoms with Gasteiger partial charge in [-0.25, -0.2) is 0 Å². The van der Waals surface area contributed by atoms with Crippen molar-refractivity contribution in [3.8, 4) is 0 Å². The highest BCUT2D eigenvalue weighted by Gasteiger charge is 2.01. The molecule has 0 unspecified atom stereocenters. The minimum atomic E-state index is -0.0518. The van der Waals surface area contributed by atoms with E-state index in [1.165, 1.54) is 0 Å². The number of ether oxygens (including phenoxy) is 2. The van der Waals surface area contributed by atoms with E-state index in [-0.39, 0.29) is 11.8 Å². The van der Waals surface area contributed by atoms with E-state index in [0.717, 1.165) is 12.8 Å². The highest BCUT2D eigenvalue weighted by molar-refractivity contribution is 5.76. The fraction of sp³-hybridized carbons (Fsp3) is 0.846. The largest absolute Gasteiger partial charge is 0.383 e. The van der Waals surface area contributed by atoms with E-state index in [2.05, 4.69) is 10.6 Å². The van der Waals surface area contributed by atoms with Crippen molar-refractivity contribution in [3.63, 3.8) is 0 Å². The zero-order valence-electron chi connectivity index (χ0n) is 12.0. The lowest BCUT2D eigenvalue weighted by atomic mass is 10.2. The predicted molar refractivity (Wildman–Crippen MR) is 72.9 cm³/mol. The van der Waals surface area contributed by atoms with E-state index >= 15 is 0 Å². The Hall–Kier alpha value is -1.14. The maximum Gasteiger partial charge on any atom is 0.222 e. The van der Waals surface area contributed by atoms with Gasteiger partial charge in [-0.2, -0.15) is 0 Å². The fourth-order valence-corrected chi connectivity index (χ4v) is 1.34. The molecule has 0 saturated carbocycles. The topological polar surface area (TPSA) is 76.7 Å². The average molecular weight is 274 g/mol. The first-order valence-electron chi connectivity index (χ1n) is 6.80. The molecular weight excluding hydrogens is 248 g/mol. The molecule has 0 bridgehead atoms. The number of amides is 2. The highest BCUT2D eigenvalue weighted by Crippen LogP contribution is 1.92. The molecule has 6 nitrogen and oxygen atoms in total. The van der Waals surface area contributed by atoms with Crippen LogP contribution in [0.4, 0.5) is 0 Å². The van der Waals surface area contributed by atoms with Gasteiger partial charge in [0, 0.05) is 33.0 Å². The Morgan fingerprint density at radius 2 is 1.58 bits per heavy atom. The Labute approximate surface area is 115 Å². The third kappa shape index (κ3) is 13.1. The van der Waals surface area contributed by atoms with Crippen molar-refractivity contribution in [2.45, 2.75) is 32.6 Å². The molecule has 0 aliphatic carbocycles. The molecule has 2 amide bonds. The summed E-state index contributed by atoms with van der Waals surface area (Å²) in [6, 6.07) is 0. The molecule has 0 aliphatic rings. The Balaban J connectivity index is 3.26. The molecule has 0 saturated heterocycles. The molecule has 112 valence electrons. The van der Waals surface area contributed by atoms with Gasteiger partial charge in [-0.3, -0.25) is 9.59 Å². The van der Waals surface area contributed by atoms with Crippen LogP contribution in [-0.4, -0.2) is 51.8 Å². The van der Waals surface area contributed by atoms with Crippen LogP contribution in [0, 0.1) is 0 Å². The molecule has 19 heavy (non-hydrogen) atoms. The van der Waals surface area contributed by atoms with Crippen LogP contribution in [0.25, 0.3) is 0 Å². The summed E-state index contributed by atoms with van der Waals surface area (Å²) in [5.41, 5.74) is 0. The molecular formula is C13H26N2O4. The Kier molecular flexibility index (Phi) is 12.5. The van der Waals surface area contributed by atoms with E-state index in [0.29, 0.717) is 45.8 Å². The second kappa shape index (κ2) is 13.3. The number of carbonyl (C=O) groups is 2.